The van der Waals surface area contributed by atoms with E-state index >= 15 is 0 Å². The number of rotatable bonds is 2. The molecule has 1 nitrogen and oxygen atoms in total. The van der Waals surface area contributed by atoms with E-state index in [1.807, 2.05) is 0 Å². The lowest BCUT2D eigenvalue weighted by Gasteiger charge is -1.94. The van der Waals surface area contributed by atoms with Crippen LogP contribution >= 0.6 is 0 Å². The fourth-order valence-electron chi connectivity index (χ4n) is 0.824. The quantitative estimate of drug-likeness (QED) is 0.714. The number of aliphatic hydroxyl groups is 1. The van der Waals surface area contributed by atoms with Gasteiger partial charge in [0.2, 0.25) is 0 Å². The van der Waals surface area contributed by atoms with Crippen LogP contribution in [0.2, 0.25) is 0 Å². The fraction of sp³-hybridized carbons (Fsp3) is 0.200. The van der Waals surface area contributed by atoms with Gasteiger partial charge in [0.05, 0.1) is 6.10 Å². The lowest BCUT2D eigenvalue weighted by molar-refractivity contribution is 0.245. The molecule has 1 rings (SSSR count). The zero-order chi connectivity index (χ0) is 8.97. The van der Waals surface area contributed by atoms with Gasteiger partial charge in [0.1, 0.15) is 5.82 Å². The Kier molecular flexibility index (Phi) is 3.00. The molecule has 0 heterocycles. The highest BCUT2D eigenvalue weighted by atomic mass is 19.1. The summed E-state index contributed by atoms with van der Waals surface area (Å²) in [6, 6.07) is 6.10. The average Bonchev–Trinajstić information content (AvgIpc) is 2.03. The van der Waals surface area contributed by atoms with E-state index in [1.165, 1.54) is 12.1 Å². The van der Waals surface area contributed by atoms with Gasteiger partial charge in [-0.25, -0.2) is 4.39 Å². The van der Waals surface area contributed by atoms with Crippen molar-refractivity contribution < 1.29 is 9.50 Å². The second kappa shape index (κ2) is 4.02. The monoisotopic (exact) mass is 166 g/mol. The molecule has 0 saturated carbocycles. The van der Waals surface area contributed by atoms with Crippen molar-refractivity contribution in [2.24, 2.45) is 0 Å². The molecule has 0 fully saturated rings. The molecule has 1 aromatic rings. The van der Waals surface area contributed by atoms with Crippen molar-refractivity contribution in [3.8, 4) is 0 Å². The highest BCUT2D eigenvalue weighted by molar-refractivity contribution is 5.49. The topological polar surface area (TPSA) is 20.2 Å². The smallest absolute Gasteiger partial charge is 0.123 e. The van der Waals surface area contributed by atoms with Crippen molar-refractivity contribution in [1.29, 1.82) is 0 Å². The summed E-state index contributed by atoms with van der Waals surface area (Å²) in [5.41, 5.74) is 0.886. The molecule has 2 heteroatoms. The average molecular weight is 166 g/mol. The first-order chi connectivity index (χ1) is 5.68. The van der Waals surface area contributed by atoms with Gasteiger partial charge in [-0.3, -0.25) is 0 Å². The van der Waals surface area contributed by atoms with Crippen LogP contribution in [0.5, 0.6) is 0 Å². The Morgan fingerprint density at radius 2 is 1.92 bits per heavy atom. The maximum atomic E-state index is 12.4. The normalized spacial score (nSPS) is 13.6. The second-order valence-corrected chi connectivity index (χ2v) is 2.65. The Morgan fingerprint density at radius 1 is 1.33 bits per heavy atom. The third-order valence-electron chi connectivity index (χ3n) is 1.44. The first-order valence-corrected chi connectivity index (χ1v) is 3.80. The van der Waals surface area contributed by atoms with Crippen LogP contribution in [0.25, 0.3) is 6.08 Å². The zero-order valence-corrected chi connectivity index (χ0v) is 6.87. The number of aliphatic hydroxyl groups excluding tert-OH is 1. The molecule has 1 atom stereocenters. The molecule has 1 N–H and O–H groups in total. The third-order valence-corrected chi connectivity index (χ3v) is 1.44. The van der Waals surface area contributed by atoms with Gasteiger partial charge in [-0.2, -0.15) is 0 Å². The molecule has 1 aromatic carbocycles. The van der Waals surface area contributed by atoms with Gasteiger partial charge in [-0.1, -0.05) is 24.3 Å². The minimum atomic E-state index is -0.463. The van der Waals surface area contributed by atoms with Crippen LogP contribution in [0.4, 0.5) is 4.39 Å². The van der Waals surface area contributed by atoms with E-state index in [9.17, 15) is 4.39 Å². The van der Waals surface area contributed by atoms with Crippen LogP contribution in [0.3, 0.4) is 0 Å². The Bertz CT molecular complexity index is 262. The minimum absolute atomic E-state index is 0.246. The van der Waals surface area contributed by atoms with E-state index in [0.717, 1.165) is 5.56 Å². The Hall–Kier alpha value is -1.15. The maximum Gasteiger partial charge on any atom is 0.123 e. The SMILES string of the molecule is C[C@H](O)/C=C/c1ccc(F)cc1. The van der Waals surface area contributed by atoms with E-state index in [0.29, 0.717) is 0 Å². The molecular formula is C10H11FO. The highest BCUT2D eigenvalue weighted by Crippen LogP contribution is 2.04. The molecule has 0 amide bonds. The molecule has 0 radical (unpaired) electrons. The summed E-state index contributed by atoms with van der Waals surface area (Å²) in [6.45, 7) is 1.67. The lowest BCUT2D eigenvalue weighted by Crippen LogP contribution is -1.91. The molecule has 0 spiro atoms. The maximum absolute atomic E-state index is 12.4. The zero-order valence-electron chi connectivity index (χ0n) is 6.87. The van der Waals surface area contributed by atoms with Crippen LogP contribution in [0.1, 0.15) is 12.5 Å². The number of halogens is 1. The fourth-order valence-corrected chi connectivity index (χ4v) is 0.824. The molecule has 0 bridgehead atoms. The highest BCUT2D eigenvalue weighted by Gasteiger charge is 1.89. The molecule has 12 heavy (non-hydrogen) atoms. The van der Waals surface area contributed by atoms with Crippen molar-refractivity contribution >= 4 is 6.08 Å². The van der Waals surface area contributed by atoms with E-state index in [-0.39, 0.29) is 5.82 Å². The molecular weight excluding hydrogens is 155 g/mol. The van der Waals surface area contributed by atoms with Crippen LogP contribution in [0, 0.1) is 5.82 Å². The Morgan fingerprint density at radius 3 is 2.42 bits per heavy atom. The van der Waals surface area contributed by atoms with Crippen LogP contribution in [0.15, 0.2) is 30.3 Å². The van der Waals surface area contributed by atoms with Gasteiger partial charge in [-0.05, 0) is 24.6 Å². The molecule has 0 aliphatic heterocycles. The largest absolute Gasteiger partial charge is 0.389 e. The number of benzene rings is 1. The second-order valence-electron chi connectivity index (χ2n) is 2.65. The van der Waals surface area contributed by atoms with E-state index in [2.05, 4.69) is 0 Å². The van der Waals surface area contributed by atoms with Gasteiger partial charge in [-0.15, -0.1) is 0 Å². The van der Waals surface area contributed by atoms with Crippen LogP contribution in [-0.4, -0.2) is 11.2 Å². The summed E-state index contributed by atoms with van der Waals surface area (Å²) in [5.74, 6) is -0.246. The Labute approximate surface area is 71.2 Å². The summed E-state index contributed by atoms with van der Waals surface area (Å²) in [4.78, 5) is 0. The number of hydrogen-bond acceptors (Lipinski definition) is 1. The minimum Gasteiger partial charge on any atom is -0.389 e. The molecule has 0 aromatic heterocycles. The van der Waals surface area contributed by atoms with Gasteiger partial charge in [0, 0.05) is 0 Å². The predicted octanol–water partition coefficient (Wildman–Crippen LogP) is 2.22. The molecule has 0 aliphatic carbocycles. The van der Waals surface area contributed by atoms with Gasteiger partial charge < -0.3 is 5.11 Å². The van der Waals surface area contributed by atoms with Gasteiger partial charge in [0.15, 0.2) is 0 Å². The lowest BCUT2D eigenvalue weighted by atomic mass is 10.2. The standard InChI is InChI=1S/C10H11FO/c1-8(12)2-3-9-4-6-10(11)7-5-9/h2-8,12H,1H3/b3-2+/t8-/m0/s1. The number of hydrogen-bond donors (Lipinski definition) is 1. The summed E-state index contributed by atoms with van der Waals surface area (Å²) in [7, 11) is 0. The van der Waals surface area contributed by atoms with Crippen molar-refractivity contribution in [3.63, 3.8) is 0 Å². The van der Waals surface area contributed by atoms with Crippen molar-refractivity contribution in [2.45, 2.75) is 13.0 Å². The molecule has 0 unspecified atom stereocenters. The molecule has 0 aliphatic rings. The van der Waals surface area contributed by atoms with Gasteiger partial charge >= 0.3 is 0 Å². The Balaban J connectivity index is 2.71. The van der Waals surface area contributed by atoms with Crippen LogP contribution < -0.4 is 0 Å². The summed E-state index contributed by atoms with van der Waals surface area (Å²) in [5, 5.41) is 8.91. The van der Waals surface area contributed by atoms with Crippen molar-refractivity contribution in [2.75, 3.05) is 0 Å². The van der Waals surface area contributed by atoms with Crippen LogP contribution in [-0.2, 0) is 0 Å². The summed E-state index contributed by atoms with van der Waals surface area (Å²) >= 11 is 0. The summed E-state index contributed by atoms with van der Waals surface area (Å²) < 4.78 is 12.4. The van der Waals surface area contributed by atoms with E-state index < -0.39 is 6.10 Å². The van der Waals surface area contributed by atoms with Crippen molar-refractivity contribution in [3.05, 3.63) is 41.7 Å². The first kappa shape index (κ1) is 8.94. The predicted molar refractivity (Wildman–Crippen MR) is 47.1 cm³/mol. The third kappa shape index (κ3) is 2.84. The molecule has 0 saturated heterocycles. The summed E-state index contributed by atoms with van der Waals surface area (Å²) in [6.07, 6.45) is 2.94. The van der Waals surface area contributed by atoms with Crippen molar-refractivity contribution in [1.82, 2.24) is 0 Å². The van der Waals surface area contributed by atoms with E-state index in [1.54, 1.807) is 31.2 Å². The van der Waals surface area contributed by atoms with Gasteiger partial charge in [0.25, 0.3) is 0 Å². The molecule has 64 valence electrons. The van der Waals surface area contributed by atoms with E-state index in [4.69, 9.17) is 5.11 Å². The first-order valence-electron chi connectivity index (χ1n) is 3.80.